The molecule has 1 aromatic heterocycles. The molecule has 0 aliphatic carbocycles. The molecule has 9 nitrogen and oxygen atoms in total. The third kappa shape index (κ3) is 4.50. The summed E-state index contributed by atoms with van der Waals surface area (Å²) in [6.07, 6.45) is 4.38. The molecule has 3 saturated heterocycles. The normalized spacial score (nSPS) is 23.8. The summed E-state index contributed by atoms with van der Waals surface area (Å²) >= 11 is 1.95. The van der Waals surface area contributed by atoms with Crippen LogP contribution in [0.1, 0.15) is 48.2 Å². The Balaban J connectivity index is 1.44. The van der Waals surface area contributed by atoms with Crippen LogP contribution >= 0.6 is 22.6 Å². The molecule has 3 aromatic rings. The van der Waals surface area contributed by atoms with E-state index in [4.69, 9.17) is 5.53 Å². The number of nitrogens with one attached hydrogen (secondary N) is 1. The van der Waals surface area contributed by atoms with Crippen LogP contribution < -0.4 is 5.32 Å². The fourth-order valence-corrected chi connectivity index (χ4v) is 6.36. The number of benzene rings is 2. The maximum atomic E-state index is 13.1. The van der Waals surface area contributed by atoms with Crippen LogP contribution in [0.5, 0.6) is 5.75 Å². The SMILES string of the molecule is CC[C@H]1CN2CC[C@H]1CC2[C@H](O)c1ccnc2c(NC(=O)c3cc([125I])c(N=[N+]=[N-])cc3O)cccc12. The van der Waals surface area contributed by atoms with E-state index in [-0.39, 0.29) is 23.0 Å². The van der Waals surface area contributed by atoms with Crippen molar-refractivity contribution in [3.05, 3.63) is 67.7 Å². The number of aromatic hydroxyl groups is 1. The van der Waals surface area contributed by atoms with Crippen LogP contribution in [-0.2, 0) is 0 Å². The summed E-state index contributed by atoms with van der Waals surface area (Å²) < 4.78 is 0.539. The summed E-state index contributed by atoms with van der Waals surface area (Å²) in [5, 5.41) is 29.0. The Labute approximate surface area is 222 Å². The molecule has 10 heteroatoms. The van der Waals surface area contributed by atoms with E-state index >= 15 is 0 Å². The van der Waals surface area contributed by atoms with E-state index in [9.17, 15) is 15.0 Å². The first-order valence-electron chi connectivity index (χ1n) is 12.1. The van der Waals surface area contributed by atoms with E-state index < -0.39 is 12.0 Å². The highest BCUT2D eigenvalue weighted by molar-refractivity contribution is 14.1. The van der Waals surface area contributed by atoms with Gasteiger partial charge in [0.1, 0.15) is 5.75 Å². The zero-order valence-corrected chi connectivity index (χ0v) is 22.0. The number of pyridine rings is 1. The van der Waals surface area contributed by atoms with Crippen LogP contribution in [0.2, 0.25) is 0 Å². The molecular weight excluding hydrogens is 569 g/mol. The van der Waals surface area contributed by atoms with Gasteiger partial charge in [-0.05, 0) is 89.2 Å². The van der Waals surface area contributed by atoms with Crippen molar-refractivity contribution in [2.24, 2.45) is 17.0 Å². The molecule has 2 bridgehead atoms. The molecule has 2 aromatic carbocycles. The van der Waals surface area contributed by atoms with Gasteiger partial charge in [0, 0.05) is 32.7 Å². The monoisotopic (exact) mass is 596 g/mol. The minimum absolute atomic E-state index is 0.0565. The molecule has 0 spiro atoms. The second-order valence-corrected chi connectivity index (χ2v) is 10.7. The van der Waals surface area contributed by atoms with E-state index in [0.717, 1.165) is 30.5 Å². The highest BCUT2D eigenvalue weighted by atomic mass is 125. The van der Waals surface area contributed by atoms with Crippen LogP contribution in [0.15, 0.2) is 47.7 Å². The maximum Gasteiger partial charge on any atom is 0.259 e. The molecule has 0 saturated carbocycles. The Bertz CT molecular complexity index is 1380. The van der Waals surface area contributed by atoms with Crippen molar-refractivity contribution in [3.63, 3.8) is 0 Å². The Kier molecular flexibility index (Phi) is 7.03. The number of hydrogen-bond acceptors (Lipinski definition) is 6. The average molecular weight is 596 g/mol. The first-order valence-corrected chi connectivity index (χ1v) is 13.2. The standard InChI is InChI=1S/C26H27IN6O3/c1-2-14-13-33-9-7-15(14)10-22(33)25(35)17-6-8-29-24-16(17)4-3-5-20(24)30-26(36)18-11-19(27)21(31-32-28)12-23(18)34/h3-6,8,11-12,14-15,22,25,34-35H,2,7,9-10,13H2,1H3,(H,30,36)/t14-,15-,22?,25+/m0/s1/i27-2. The summed E-state index contributed by atoms with van der Waals surface area (Å²) in [7, 11) is 0. The van der Waals surface area contributed by atoms with Gasteiger partial charge in [-0.2, -0.15) is 0 Å². The lowest BCUT2D eigenvalue weighted by Gasteiger charge is -2.51. The summed E-state index contributed by atoms with van der Waals surface area (Å²) in [6, 6.07) is 10.2. The molecule has 1 amide bonds. The number of carbonyl (C=O) groups is 1. The first-order chi connectivity index (χ1) is 17.4. The van der Waals surface area contributed by atoms with Gasteiger partial charge in [-0.15, -0.1) is 0 Å². The average Bonchev–Trinajstić information content (AvgIpc) is 2.90. The topological polar surface area (TPSA) is 134 Å². The van der Waals surface area contributed by atoms with Gasteiger partial charge < -0.3 is 15.5 Å². The number of nitrogens with zero attached hydrogens (tertiary/aromatic N) is 5. The number of hydrogen-bond donors (Lipinski definition) is 3. The Morgan fingerprint density at radius 2 is 2.22 bits per heavy atom. The number of piperidine rings is 3. The number of aliphatic hydroxyl groups excluding tert-OH is 1. The fourth-order valence-electron chi connectivity index (χ4n) is 5.78. The number of aliphatic hydroxyl groups is 1. The van der Waals surface area contributed by atoms with Gasteiger partial charge in [0.2, 0.25) is 0 Å². The molecule has 3 fully saturated rings. The number of azide groups is 1. The van der Waals surface area contributed by atoms with Crippen LogP contribution in [0, 0.1) is 15.4 Å². The molecule has 2 unspecified atom stereocenters. The van der Waals surface area contributed by atoms with Crippen molar-refractivity contribution < 1.29 is 15.0 Å². The minimum Gasteiger partial charge on any atom is -0.507 e. The van der Waals surface area contributed by atoms with Gasteiger partial charge >= 0.3 is 0 Å². The number of phenolic OH excluding ortho intramolecular Hbond substituents is 1. The van der Waals surface area contributed by atoms with E-state index in [0.29, 0.717) is 26.6 Å². The quantitative estimate of drug-likeness (QED) is 0.141. The first kappa shape index (κ1) is 24.8. The lowest BCUT2D eigenvalue weighted by atomic mass is 9.72. The zero-order valence-electron chi connectivity index (χ0n) is 19.8. The summed E-state index contributed by atoms with van der Waals surface area (Å²) in [4.78, 5) is 22.7. The van der Waals surface area contributed by atoms with E-state index in [1.165, 1.54) is 25.0 Å². The number of fused-ring (bicyclic) bond motifs is 4. The minimum atomic E-state index is -0.652. The third-order valence-corrected chi connectivity index (χ3v) is 8.52. The molecule has 3 aliphatic rings. The number of phenols is 1. The molecular formula is C26H27IN6O3. The van der Waals surface area contributed by atoms with Crippen LogP contribution in [0.4, 0.5) is 11.4 Å². The predicted octanol–water partition coefficient (Wildman–Crippen LogP) is 5.89. The van der Waals surface area contributed by atoms with Crippen LogP contribution in [0.25, 0.3) is 21.3 Å². The van der Waals surface area contributed by atoms with E-state index in [1.54, 1.807) is 12.3 Å². The van der Waals surface area contributed by atoms with Gasteiger partial charge in [-0.3, -0.25) is 14.7 Å². The molecule has 6 rings (SSSR count). The molecule has 3 aliphatic heterocycles. The predicted molar refractivity (Wildman–Crippen MR) is 146 cm³/mol. The van der Waals surface area contributed by atoms with Crippen molar-refractivity contribution in [2.45, 2.75) is 38.3 Å². The fraction of sp³-hybridized carbons (Fsp3) is 0.385. The van der Waals surface area contributed by atoms with Crippen molar-refractivity contribution in [2.75, 3.05) is 18.4 Å². The van der Waals surface area contributed by atoms with E-state index in [1.807, 2.05) is 40.8 Å². The van der Waals surface area contributed by atoms with Crippen molar-refractivity contribution in [1.29, 1.82) is 0 Å². The number of anilines is 1. The molecule has 0 radical (unpaired) electrons. The highest BCUT2D eigenvalue weighted by Gasteiger charge is 2.42. The summed E-state index contributed by atoms with van der Waals surface area (Å²) in [6.45, 7) is 4.31. The zero-order chi connectivity index (χ0) is 25.4. The highest BCUT2D eigenvalue weighted by Crippen LogP contribution is 2.43. The van der Waals surface area contributed by atoms with Gasteiger partial charge in [-0.25, -0.2) is 0 Å². The smallest absolute Gasteiger partial charge is 0.259 e. The molecule has 36 heavy (non-hydrogen) atoms. The Hall–Kier alpha value is -2.92. The van der Waals surface area contributed by atoms with Crippen molar-refractivity contribution in [1.82, 2.24) is 9.88 Å². The lowest BCUT2D eigenvalue weighted by molar-refractivity contribution is -0.0562. The summed E-state index contributed by atoms with van der Waals surface area (Å²) in [5.41, 5.74) is 10.8. The molecule has 186 valence electrons. The second-order valence-electron chi connectivity index (χ2n) is 9.53. The number of carbonyl (C=O) groups excluding carboxylic acids is 1. The Morgan fingerprint density at radius 3 is 2.94 bits per heavy atom. The number of amides is 1. The molecule has 4 heterocycles. The van der Waals surface area contributed by atoms with Gasteiger partial charge in [0.25, 0.3) is 5.91 Å². The number of rotatable bonds is 6. The van der Waals surface area contributed by atoms with Crippen molar-refractivity contribution in [3.8, 4) is 5.75 Å². The number of para-hydroxylation sites is 1. The third-order valence-electron chi connectivity index (χ3n) is 7.66. The maximum absolute atomic E-state index is 13.1. The van der Waals surface area contributed by atoms with Gasteiger partial charge in [-0.1, -0.05) is 30.6 Å². The molecule has 3 N–H and O–H groups in total. The number of aromatic nitrogens is 1. The van der Waals surface area contributed by atoms with Crippen LogP contribution in [0.3, 0.4) is 0 Å². The second kappa shape index (κ2) is 10.2. The summed E-state index contributed by atoms with van der Waals surface area (Å²) in [5.74, 6) is 0.563. The van der Waals surface area contributed by atoms with Crippen molar-refractivity contribution >= 4 is 50.8 Å². The van der Waals surface area contributed by atoms with Crippen LogP contribution in [-0.4, -0.2) is 45.1 Å². The van der Waals surface area contributed by atoms with Gasteiger partial charge in [0.05, 0.1) is 28.6 Å². The Morgan fingerprint density at radius 1 is 1.39 bits per heavy atom. The number of halogens is 1. The lowest BCUT2D eigenvalue weighted by Crippen LogP contribution is -2.55. The molecule has 5 atom stereocenters. The largest absolute Gasteiger partial charge is 0.507 e. The van der Waals surface area contributed by atoms with E-state index in [2.05, 4.69) is 32.2 Å². The van der Waals surface area contributed by atoms with Gasteiger partial charge in [0.15, 0.2) is 0 Å².